The minimum Gasteiger partial charge on any atom is -0.358 e. The minimum atomic E-state index is -0.158. The fourth-order valence-corrected chi connectivity index (χ4v) is 5.08. The van der Waals surface area contributed by atoms with Crippen LogP contribution in [0.2, 0.25) is 0 Å². The van der Waals surface area contributed by atoms with Gasteiger partial charge < -0.3 is 14.8 Å². The summed E-state index contributed by atoms with van der Waals surface area (Å²) in [5, 5.41) is 1.22. The smallest absolute Gasteiger partial charge is 0.228 e. The summed E-state index contributed by atoms with van der Waals surface area (Å²) in [5.74, 6) is 0.185. The Hall–Kier alpha value is -2.30. The Labute approximate surface area is 153 Å². The highest BCUT2D eigenvalue weighted by Crippen LogP contribution is 2.32. The second kappa shape index (κ2) is 6.15. The molecule has 2 amide bonds. The summed E-state index contributed by atoms with van der Waals surface area (Å²) in [7, 11) is 0. The fourth-order valence-electron chi connectivity index (χ4n) is 5.08. The van der Waals surface area contributed by atoms with Crippen molar-refractivity contribution in [1.29, 1.82) is 0 Å². The normalized spacial score (nSPS) is 23.8. The van der Waals surface area contributed by atoms with E-state index in [-0.39, 0.29) is 17.7 Å². The van der Waals surface area contributed by atoms with Crippen LogP contribution in [0.1, 0.15) is 43.4 Å². The molecule has 5 nitrogen and oxygen atoms in total. The van der Waals surface area contributed by atoms with Crippen LogP contribution in [-0.2, 0) is 22.6 Å². The number of aromatic nitrogens is 1. The first kappa shape index (κ1) is 15.9. The molecule has 26 heavy (non-hydrogen) atoms. The average Bonchev–Trinajstić information content (AvgIpc) is 3.38. The largest absolute Gasteiger partial charge is 0.358 e. The van der Waals surface area contributed by atoms with E-state index in [1.807, 2.05) is 21.9 Å². The highest BCUT2D eigenvalue weighted by atomic mass is 16.2. The van der Waals surface area contributed by atoms with Gasteiger partial charge in [-0.3, -0.25) is 9.59 Å². The summed E-state index contributed by atoms with van der Waals surface area (Å²) in [5.41, 5.74) is 3.65. The molecule has 3 aliphatic rings. The fraction of sp³-hybridized carbons (Fsp3) is 0.524. The topological polar surface area (TPSA) is 56.4 Å². The lowest BCUT2D eigenvalue weighted by Crippen LogP contribution is -2.41. The van der Waals surface area contributed by atoms with Gasteiger partial charge in [-0.15, -0.1) is 0 Å². The number of para-hydroxylation sites is 1. The number of carbonyl (C=O) groups excluding carboxylic acids is 2. The van der Waals surface area contributed by atoms with Crippen LogP contribution in [0.25, 0.3) is 10.9 Å². The third kappa shape index (κ3) is 2.52. The van der Waals surface area contributed by atoms with E-state index in [9.17, 15) is 9.59 Å². The summed E-state index contributed by atoms with van der Waals surface area (Å²) in [4.78, 5) is 33.0. The van der Waals surface area contributed by atoms with Crippen LogP contribution in [-0.4, -0.2) is 45.7 Å². The van der Waals surface area contributed by atoms with Gasteiger partial charge in [-0.25, -0.2) is 0 Å². The van der Waals surface area contributed by atoms with Crippen molar-refractivity contribution in [3.8, 4) is 0 Å². The van der Waals surface area contributed by atoms with E-state index >= 15 is 0 Å². The highest BCUT2D eigenvalue weighted by Gasteiger charge is 2.40. The molecule has 1 N–H and O–H groups in total. The number of hydrogen-bond acceptors (Lipinski definition) is 2. The SMILES string of the molecule is O=C([C@H]1CC(=O)N(C2CCCC2)C1)N1CCc2[nH]c3ccccc3c2C1. The third-order valence-corrected chi connectivity index (χ3v) is 6.47. The molecule has 0 spiro atoms. The molecule has 1 aromatic carbocycles. The van der Waals surface area contributed by atoms with E-state index in [0.717, 1.165) is 31.3 Å². The van der Waals surface area contributed by atoms with Crippen LogP contribution in [0.5, 0.6) is 0 Å². The summed E-state index contributed by atoms with van der Waals surface area (Å²) in [6, 6.07) is 8.68. The maximum Gasteiger partial charge on any atom is 0.228 e. The van der Waals surface area contributed by atoms with Crippen LogP contribution in [0, 0.1) is 5.92 Å². The zero-order chi connectivity index (χ0) is 17.7. The molecule has 2 fully saturated rings. The Morgan fingerprint density at radius 3 is 2.81 bits per heavy atom. The number of hydrogen-bond donors (Lipinski definition) is 1. The van der Waals surface area contributed by atoms with Crippen LogP contribution in [0.3, 0.4) is 0 Å². The van der Waals surface area contributed by atoms with Gasteiger partial charge in [0.2, 0.25) is 11.8 Å². The summed E-state index contributed by atoms with van der Waals surface area (Å²) in [6.07, 6.45) is 5.89. The lowest BCUT2D eigenvalue weighted by Gasteiger charge is -2.30. The monoisotopic (exact) mass is 351 g/mol. The molecular weight excluding hydrogens is 326 g/mol. The third-order valence-electron chi connectivity index (χ3n) is 6.47. The van der Waals surface area contributed by atoms with Crippen molar-refractivity contribution in [1.82, 2.24) is 14.8 Å². The van der Waals surface area contributed by atoms with Gasteiger partial charge in [0, 0.05) is 60.7 Å². The van der Waals surface area contributed by atoms with Gasteiger partial charge in [0.05, 0.1) is 5.92 Å². The first-order chi connectivity index (χ1) is 12.7. The molecule has 1 aromatic heterocycles. The van der Waals surface area contributed by atoms with Crippen molar-refractivity contribution in [3.05, 3.63) is 35.5 Å². The maximum atomic E-state index is 13.1. The number of rotatable bonds is 2. The van der Waals surface area contributed by atoms with Crippen molar-refractivity contribution in [2.45, 2.75) is 51.1 Å². The number of likely N-dealkylation sites (tertiary alicyclic amines) is 1. The lowest BCUT2D eigenvalue weighted by atomic mass is 10.0. The number of nitrogens with one attached hydrogen (secondary N) is 1. The van der Waals surface area contributed by atoms with Gasteiger partial charge in [-0.2, -0.15) is 0 Å². The molecule has 1 atom stereocenters. The molecule has 0 unspecified atom stereocenters. The summed E-state index contributed by atoms with van der Waals surface area (Å²) in [6.45, 7) is 2.03. The van der Waals surface area contributed by atoms with Crippen molar-refractivity contribution in [3.63, 3.8) is 0 Å². The zero-order valence-corrected chi connectivity index (χ0v) is 15.0. The molecule has 1 saturated heterocycles. The number of carbonyl (C=O) groups is 2. The van der Waals surface area contributed by atoms with Crippen LogP contribution >= 0.6 is 0 Å². The predicted molar refractivity (Wildman–Crippen MR) is 99.5 cm³/mol. The Kier molecular flexibility index (Phi) is 3.76. The number of nitrogens with zero attached hydrogens (tertiary/aromatic N) is 2. The Bertz CT molecular complexity index is 865. The molecule has 1 aliphatic carbocycles. The molecule has 0 bridgehead atoms. The number of benzene rings is 1. The Morgan fingerprint density at radius 2 is 1.96 bits per heavy atom. The van der Waals surface area contributed by atoms with Crippen molar-refractivity contribution < 1.29 is 9.59 Å². The quantitative estimate of drug-likeness (QED) is 0.904. The minimum absolute atomic E-state index is 0.158. The predicted octanol–water partition coefficient (Wildman–Crippen LogP) is 2.84. The van der Waals surface area contributed by atoms with Crippen molar-refractivity contribution in [2.24, 2.45) is 5.92 Å². The molecule has 2 aromatic rings. The number of H-pyrrole nitrogens is 1. The van der Waals surface area contributed by atoms with Crippen LogP contribution < -0.4 is 0 Å². The average molecular weight is 351 g/mol. The first-order valence-corrected chi connectivity index (χ1v) is 9.87. The highest BCUT2D eigenvalue weighted by molar-refractivity contribution is 5.90. The second-order valence-electron chi connectivity index (χ2n) is 8.02. The molecule has 5 rings (SSSR count). The lowest BCUT2D eigenvalue weighted by molar-refractivity contribution is -0.136. The standard InChI is InChI=1S/C21H25N3O2/c25-20-11-14(12-24(20)15-5-1-2-6-15)21(26)23-10-9-19-17(13-23)16-7-3-4-8-18(16)22-19/h3-4,7-8,14-15,22H,1-2,5-6,9-13H2/t14-/m0/s1. The molecule has 0 radical (unpaired) electrons. The number of fused-ring (bicyclic) bond motifs is 3. The van der Waals surface area contributed by atoms with E-state index in [2.05, 4.69) is 17.1 Å². The van der Waals surface area contributed by atoms with E-state index in [1.165, 1.54) is 29.5 Å². The van der Waals surface area contributed by atoms with E-state index < -0.39 is 0 Å². The zero-order valence-electron chi connectivity index (χ0n) is 15.0. The van der Waals surface area contributed by atoms with Gasteiger partial charge >= 0.3 is 0 Å². The second-order valence-corrected chi connectivity index (χ2v) is 8.02. The molecule has 2 aliphatic heterocycles. The van der Waals surface area contributed by atoms with Crippen LogP contribution in [0.15, 0.2) is 24.3 Å². The summed E-state index contributed by atoms with van der Waals surface area (Å²) < 4.78 is 0. The number of amides is 2. The van der Waals surface area contributed by atoms with Gasteiger partial charge in [-0.05, 0) is 18.9 Å². The van der Waals surface area contributed by atoms with E-state index in [4.69, 9.17) is 0 Å². The molecule has 3 heterocycles. The first-order valence-electron chi connectivity index (χ1n) is 9.87. The molecule has 136 valence electrons. The van der Waals surface area contributed by atoms with Crippen molar-refractivity contribution in [2.75, 3.05) is 13.1 Å². The van der Waals surface area contributed by atoms with Gasteiger partial charge in [0.1, 0.15) is 0 Å². The Morgan fingerprint density at radius 1 is 1.15 bits per heavy atom. The number of aromatic amines is 1. The van der Waals surface area contributed by atoms with Gasteiger partial charge in [0.15, 0.2) is 0 Å². The molecule has 5 heteroatoms. The van der Waals surface area contributed by atoms with Gasteiger partial charge in [-0.1, -0.05) is 31.0 Å². The maximum absolute atomic E-state index is 13.1. The Balaban J connectivity index is 1.33. The molecule has 1 saturated carbocycles. The molecular formula is C21H25N3O2. The van der Waals surface area contributed by atoms with Gasteiger partial charge in [0.25, 0.3) is 0 Å². The van der Waals surface area contributed by atoms with Crippen molar-refractivity contribution >= 4 is 22.7 Å². The van der Waals surface area contributed by atoms with E-state index in [1.54, 1.807) is 0 Å². The summed E-state index contributed by atoms with van der Waals surface area (Å²) >= 11 is 0. The van der Waals surface area contributed by atoms with E-state index in [0.29, 0.717) is 25.6 Å². The van der Waals surface area contributed by atoms with Crippen LogP contribution in [0.4, 0.5) is 0 Å².